The minimum absolute atomic E-state index is 0.153. The van der Waals surface area contributed by atoms with Crippen LogP contribution in [0.15, 0.2) is 24.3 Å². The van der Waals surface area contributed by atoms with E-state index in [1.165, 1.54) is 6.07 Å². The third-order valence-corrected chi connectivity index (χ3v) is 3.75. The predicted octanol–water partition coefficient (Wildman–Crippen LogP) is 3.72. The summed E-state index contributed by atoms with van der Waals surface area (Å²) in [6, 6.07) is 5.90. The molecule has 0 radical (unpaired) electrons. The van der Waals surface area contributed by atoms with Crippen LogP contribution in [0, 0.1) is 0 Å². The van der Waals surface area contributed by atoms with Crippen molar-refractivity contribution in [3.05, 3.63) is 35.4 Å². The zero-order chi connectivity index (χ0) is 17.1. The molecule has 1 aromatic rings. The lowest BCUT2D eigenvalue weighted by Crippen LogP contribution is -2.50. The molecule has 0 N–H and O–H groups in total. The maximum Gasteiger partial charge on any atom is 0.416 e. The molecule has 3 nitrogen and oxygen atoms in total. The van der Waals surface area contributed by atoms with E-state index in [0.717, 1.165) is 6.07 Å². The van der Waals surface area contributed by atoms with E-state index < -0.39 is 11.7 Å². The topological polar surface area (TPSA) is 21.7 Å². The Balaban J connectivity index is 2.06. The van der Waals surface area contributed by atoms with Gasteiger partial charge in [0.05, 0.1) is 37.0 Å². The Morgan fingerprint density at radius 1 is 1.17 bits per heavy atom. The molecule has 0 amide bonds. The maximum atomic E-state index is 13.1. The van der Waals surface area contributed by atoms with Gasteiger partial charge in [0, 0.05) is 13.1 Å². The second kappa shape index (κ2) is 7.20. The van der Waals surface area contributed by atoms with Gasteiger partial charge in [-0.15, -0.1) is 0 Å². The maximum absolute atomic E-state index is 13.1. The van der Waals surface area contributed by atoms with Gasteiger partial charge in [0.2, 0.25) is 0 Å². The minimum Gasteiger partial charge on any atom is -0.378 e. The highest BCUT2D eigenvalue weighted by molar-refractivity contribution is 5.29. The number of hydrogen-bond donors (Lipinski definition) is 0. The van der Waals surface area contributed by atoms with Gasteiger partial charge < -0.3 is 9.47 Å². The zero-order valence-corrected chi connectivity index (χ0v) is 13.8. The summed E-state index contributed by atoms with van der Waals surface area (Å²) in [6.45, 7) is 8.31. The van der Waals surface area contributed by atoms with E-state index >= 15 is 0 Å². The summed E-state index contributed by atoms with van der Waals surface area (Å²) in [5, 5.41) is 0. The summed E-state index contributed by atoms with van der Waals surface area (Å²) in [5.74, 6) is 0. The molecule has 0 bridgehead atoms. The zero-order valence-electron chi connectivity index (χ0n) is 13.8. The van der Waals surface area contributed by atoms with Crippen LogP contribution in [0.25, 0.3) is 0 Å². The molecule has 2 rings (SSSR count). The van der Waals surface area contributed by atoms with E-state index in [2.05, 4.69) is 0 Å². The normalized spacial score (nSPS) is 16.7. The van der Waals surface area contributed by atoms with Gasteiger partial charge in [-0.1, -0.05) is 18.2 Å². The molecule has 1 aromatic carbocycles. The molecular formula is C17H24F3NO2. The third kappa shape index (κ3) is 5.48. The summed E-state index contributed by atoms with van der Waals surface area (Å²) in [7, 11) is 0. The molecule has 1 aliphatic heterocycles. The Morgan fingerprint density at radius 2 is 1.83 bits per heavy atom. The van der Waals surface area contributed by atoms with Crippen LogP contribution >= 0.6 is 0 Å². The first-order valence-corrected chi connectivity index (χ1v) is 7.78. The Bertz CT molecular complexity index is 507. The summed E-state index contributed by atoms with van der Waals surface area (Å²) >= 11 is 0. The fourth-order valence-electron chi connectivity index (χ4n) is 2.45. The monoisotopic (exact) mass is 331 g/mol. The quantitative estimate of drug-likeness (QED) is 0.793. The second-order valence-electron chi connectivity index (χ2n) is 6.78. The predicted molar refractivity (Wildman–Crippen MR) is 82.2 cm³/mol. The largest absolute Gasteiger partial charge is 0.416 e. The number of ether oxygens (including phenoxy) is 2. The van der Waals surface area contributed by atoms with Crippen LogP contribution in [0.3, 0.4) is 0 Å². The van der Waals surface area contributed by atoms with E-state index in [1.54, 1.807) is 12.1 Å². The number of hydrogen-bond acceptors (Lipinski definition) is 3. The summed E-state index contributed by atoms with van der Waals surface area (Å²) in [4.78, 5) is 2.01. The van der Waals surface area contributed by atoms with Crippen LogP contribution in [0.4, 0.5) is 13.2 Å². The second-order valence-corrected chi connectivity index (χ2v) is 6.78. The highest BCUT2D eigenvalue weighted by Gasteiger charge is 2.34. The molecule has 1 saturated heterocycles. The lowest BCUT2D eigenvalue weighted by molar-refractivity contribution is -0.139. The highest BCUT2D eigenvalue weighted by Crippen LogP contribution is 2.32. The van der Waals surface area contributed by atoms with Crippen LogP contribution in [-0.2, 0) is 22.2 Å². The van der Waals surface area contributed by atoms with Gasteiger partial charge in [0.25, 0.3) is 0 Å². The molecule has 0 atom stereocenters. The molecular weight excluding hydrogens is 307 g/mol. The third-order valence-electron chi connectivity index (χ3n) is 3.75. The van der Waals surface area contributed by atoms with Crippen molar-refractivity contribution in [1.29, 1.82) is 0 Å². The van der Waals surface area contributed by atoms with Crippen molar-refractivity contribution in [3.63, 3.8) is 0 Å². The van der Waals surface area contributed by atoms with Crippen LogP contribution in [0.1, 0.15) is 31.9 Å². The SMILES string of the molecule is CC(C)(C)OCCN(Cc1ccccc1C(F)(F)F)C1COC1. The lowest BCUT2D eigenvalue weighted by Gasteiger charge is -2.38. The number of benzene rings is 1. The molecule has 1 aliphatic rings. The van der Waals surface area contributed by atoms with Crippen LogP contribution in [0.5, 0.6) is 0 Å². The van der Waals surface area contributed by atoms with Gasteiger partial charge in [0.15, 0.2) is 0 Å². The van der Waals surface area contributed by atoms with Gasteiger partial charge in [-0.3, -0.25) is 4.90 Å². The Labute approximate surface area is 135 Å². The smallest absolute Gasteiger partial charge is 0.378 e. The molecule has 0 aliphatic carbocycles. The van der Waals surface area contributed by atoms with Gasteiger partial charge in [-0.2, -0.15) is 13.2 Å². The average molecular weight is 331 g/mol. The van der Waals surface area contributed by atoms with E-state index in [4.69, 9.17) is 9.47 Å². The Kier molecular flexibility index (Phi) is 5.70. The molecule has 23 heavy (non-hydrogen) atoms. The number of rotatable bonds is 6. The van der Waals surface area contributed by atoms with Gasteiger partial charge in [-0.25, -0.2) is 0 Å². The number of halogens is 3. The minimum atomic E-state index is -4.33. The van der Waals surface area contributed by atoms with Crippen molar-refractivity contribution in [1.82, 2.24) is 4.90 Å². The molecule has 0 saturated carbocycles. The molecule has 1 fully saturated rings. The van der Waals surface area contributed by atoms with Crippen molar-refractivity contribution in [2.24, 2.45) is 0 Å². The van der Waals surface area contributed by atoms with Crippen molar-refractivity contribution in [2.75, 3.05) is 26.4 Å². The average Bonchev–Trinajstić information content (AvgIpc) is 2.34. The highest BCUT2D eigenvalue weighted by atomic mass is 19.4. The summed E-state index contributed by atoms with van der Waals surface area (Å²) < 4.78 is 50.3. The van der Waals surface area contributed by atoms with E-state index in [9.17, 15) is 13.2 Å². The van der Waals surface area contributed by atoms with Gasteiger partial charge >= 0.3 is 6.18 Å². The van der Waals surface area contributed by atoms with Gasteiger partial charge in [0.1, 0.15) is 0 Å². The molecule has 1 heterocycles. The Morgan fingerprint density at radius 3 is 2.35 bits per heavy atom. The van der Waals surface area contributed by atoms with Crippen LogP contribution in [-0.4, -0.2) is 42.9 Å². The lowest BCUT2D eigenvalue weighted by atomic mass is 10.1. The molecule has 6 heteroatoms. The van der Waals surface area contributed by atoms with Crippen molar-refractivity contribution < 1.29 is 22.6 Å². The molecule has 0 spiro atoms. The van der Waals surface area contributed by atoms with Crippen molar-refractivity contribution >= 4 is 0 Å². The standard InChI is InChI=1S/C17H24F3NO2/c1-16(2,3)23-9-8-21(14-11-22-12-14)10-13-6-4-5-7-15(13)17(18,19)20/h4-7,14H,8-12H2,1-3H3. The summed E-state index contributed by atoms with van der Waals surface area (Å²) in [5.41, 5.74) is -0.532. The number of nitrogens with zero attached hydrogens (tertiary/aromatic N) is 1. The van der Waals surface area contributed by atoms with E-state index in [-0.39, 0.29) is 18.2 Å². The van der Waals surface area contributed by atoms with Gasteiger partial charge in [-0.05, 0) is 32.4 Å². The molecule has 130 valence electrons. The van der Waals surface area contributed by atoms with Crippen LogP contribution in [0.2, 0.25) is 0 Å². The number of alkyl halides is 3. The fraction of sp³-hybridized carbons (Fsp3) is 0.647. The molecule has 0 unspecified atom stereocenters. The van der Waals surface area contributed by atoms with Crippen molar-refractivity contribution in [3.8, 4) is 0 Å². The fourth-order valence-corrected chi connectivity index (χ4v) is 2.45. The van der Waals surface area contributed by atoms with Crippen LogP contribution < -0.4 is 0 Å². The van der Waals surface area contributed by atoms with E-state index in [1.807, 2.05) is 25.7 Å². The van der Waals surface area contributed by atoms with E-state index in [0.29, 0.717) is 31.9 Å². The summed E-state index contributed by atoms with van der Waals surface area (Å²) in [6.07, 6.45) is -4.33. The first-order valence-electron chi connectivity index (χ1n) is 7.78. The first kappa shape index (κ1) is 18.2. The Hall–Kier alpha value is -1.11. The van der Waals surface area contributed by atoms with Crippen molar-refractivity contribution in [2.45, 2.75) is 45.1 Å². The first-order chi connectivity index (χ1) is 10.7. The molecule has 0 aromatic heterocycles.